The Morgan fingerprint density at radius 1 is 1.13 bits per heavy atom. The Kier molecular flexibility index (Phi) is 7.20. The molecule has 3 rings (SSSR count). The molecule has 0 unspecified atom stereocenters. The van der Waals surface area contributed by atoms with Crippen LogP contribution in [0.4, 0.5) is 5.69 Å². The lowest BCUT2D eigenvalue weighted by Crippen LogP contribution is -2.43. The van der Waals surface area contributed by atoms with E-state index in [1.165, 1.54) is 23.5 Å². The van der Waals surface area contributed by atoms with Gasteiger partial charge in [0.05, 0.1) is 33.8 Å². The van der Waals surface area contributed by atoms with Gasteiger partial charge in [0.2, 0.25) is 15.9 Å². The number of sulfonamides is 1. The molecule has 0 radical (unpaired) electrons. The molecule has 2 aromatic rings. The fourth-order valence-electron chi connectivity index (χ4n) is 3.35. The molecular formula is C20H21Cl3N2O4S. The second kappa shape index (κ2) is 9.32. The van der Waals surface area contributed by atoms with E-state index < -0.39 is 15.9 Å². The molecule has 162 valence electrons. The molecule has 6 nitrogen and oxygen atoms in total. The van der Waals surface area contributed by atoms with Crippen molar-refractivity contribution >= 4 is 56.4 Å². The number of nitrogens with one attached hydrogen (secondary N) is 1. The lowest BCUT2D eigenvalue weighted by Gasteiger charge is -2.31. The van der Waals surface area contributed by atoms with Crippen LogP contribution in [-0.2, 0) is 14.8 Å². The molecular weight excluding hydrogens is 471 g/mol. The molecule has 1 fully saturated rings. The van der Waals surface area contributed by atoms with E-state index in [0.717, 1.165) is 5.56 Å². The molecule has 0 spiro atoms. The lowest BCUT2D eigenvalue weighted by molar-refractivity contribution is -0.120. The summed E-state index contributed by atoms with van der Waals surface area (Å²) in [6.07, 6.45) is 1.11. The van der Waals surface area contributed by atoms with Crippen molar-refractivity contribution in [2.24, 2.45) is 5.92 Å². The second-order valence-corrected chi connectivity index (χ2v) is 10.2. The molecule has 1 atom stereocenters. The zero-order valence-electron chi connectivity index (χ0n) is 16.4. The number of nitrogens with zero attached hydrogens (tertiary/aromatic N) is 1. The number of methoxy groups -OCH3 is 1. The van der Waals surface area contributed by atoms with Gasteiger partial charge >= 0.3 is 0 Å². The number of carbonyl (C=O) groups excluding carboxylic acids is 1. The van der Waals surface area contributed by atoms with E-state index in [0.29, 0.717) is 25.1 Å². The van der Waals surface area contributed by atoms with Crippen LogP contribution in [0.25, 0.3) is 0 Å². The molecule has 1 aliphatic heterocycles. The van der Waals surface area contributed by atoms with Crippen molar-refractivity contribution in [1.29, 1.82) is 0 Å². The van der Waals surface area contributed by atoms with Crippen LogP contribution >= 0.6 is 34.8 Å². The number of aryl methyl sites for hydroxylation is 1. The summed E-state index contributed by atoms with van der Waals surface area (Å²) in [7, 11) is -2.40. The minimum Gasteiger partial charge on any atom is -0.495 e. The largest absolute Gasteiger partial charge is 0.495 e. The first-order valence-electron chi connectivity index (χ1n) is 9.23. The van der Waals surface area contributed by atoms with Gasteiger partial charge in [-0.1, -0.05) is 40.9 Å². The Balaban J connectivity index is 1.81. The topological polar surface area (TPSA) is 75.7 Å². The molecule has 0 bridgehead atoms. The van der Waals surface area contributed by atoms with Crippen LogP contribution in [0.3, 0.4) is 0 Å². The number of amides is 1. The lowest BCUT2D eigenvalue weighted by atomic mass is 9.98. The number of hydrogen-bond acceptors (Lipinski definition) is 4. The van der Waals surface area contributed by atoms with Crippen molar-refractivity contribution in [2.45, 2.75) is 24.7 Å². The minimum atomic E-state index is -3.82. The van der Waals surface area contributed by atoms with Crippen molar-refractivity contribution in [1.82, 2.24) is 4.31 Å². The first-order chi connectivity index (χ1) is 14.1. The average molecular weight is 492 g/mol. The number of hydrogen-bond donors (Lipinski definition) is 1. The van der Waals surface area contributed by atoms with Crippen molar-refractivity contribution in [3.05, 3.63) is 51.0 Å². The molecule has 0 aromatic heterocycles. The monoisotopic (exact) mass is 490 g/mol. The molecule has 1 N–H and O–H groups in total. The predicted molar refractivity (Wildman–Crippen MR) is 119 cm³/mol. The fraction of sp³-hybridized carbons (Fsp3) is 0.350. The Hall–Kier alpha value is -1.51. The highest BCUT2D eigenvalue weighted by molar-refractivity contribution is 7.89. The van der Waals surface area contributed by atoms with Crippen molar-refractivity contribution in [3.8, 4) is 5.75 Å². The maximum Gasteiger partial charge on any atom is 0.246 e. The zero-order valence-corrected chi connectivity index (χ0v) is 19.5. The number of halogens is 3. The summed E-state index contributed by atoms with van der Waals surface area (Å²) in [6, 6.07) is 7.91. The molecule has 30 heavy (non-hydrogen) atoms. The van der Waals surface area contributed by atoms with Gasteiger partial charge in [0.25, 0.3) is 0 Å². The minimum absolute atomic E-state index is 0.0597. The Bertz CT molecular complexity index is 1080. The molecule has 1 heterocycles. The molecule has 1 amide bonds. The van der Waals surface area contributed by atoms with Gasteiger partial charge < -0.3 is 10.1 Å². The molecule has 2 aromatic carbocycles. The summed E-state index contributed by atoms with van der Waals surface area (Å²) in [4.78, 5) is 12.9. The SMILES string of the molecule is COc1ccc(C)cc1S(=O)(=O)N1CCC[C@H](C(=O)Nc2cc(Cl)c(Cl)cc2Cl)C1. The first-order valence-corrected chi connectivity index (χ1v) is 11.8. The fourth-order valence-corrected chi connectivity index (χ4v) is 5.71. The van der Waals surface area contributed by atoms with Gasteiger partial charge in [0.1, 0.15) is 10.6 Å². The maximum absolute atomic E-state index is 13.2. The summed E-state index contributed by atoms with van der Waals surface area (Å²) in [5.41, 5.74) is 1.13. The zero-order chi connectivity index (χ0) is 22.1. The van der Waals surface area contributed by atoms with Crippen LogP contribution in [0.15, 0.2) is 35.2 Å². The Morgan fingerprint density at radius 2 is 1.83 bits per heavy atom. The summed E-state index contributed by atoms with van der Waals surface area (Å²) in [6.45, 7) is 2.20. The van der Waals surface area contributed by atoms with E-state index in [-0.39, 0.29) is 38.2 Å². The first kappa shape index (κ1) is 23.2. The number of piperidine rings is 1. The molecule has 1 aliphatic rings. The Morgan fingerprint density at radius 3 is 2.53 bits per heavy atom. The standard InChI is InChI=1S/C20H21Cl3N2O4S/c1-12-5-6-18(29-2)19(8-12)30(27,28)25-7-3-4-13(11-25)20(26)24-17-10-15(22)14(21)9-16(17)23/h5-6,8-10,13H,3-4,7,11H2,1-2H3,(H,24,26)/t13-/m0/s1. The van der Waals surface area contributed by atoms with Crippen molar-refractivity contribution in [2.75, 3.05) is 25.5 Å². The number of benzene rings is 2. The van der Waals surface area contributed by atoms with Crippen molar-refractivity contribution in [3.63, 3.8) is 0 Å². The van der Waals surface area contributed by atoms with Crippen LogP contribution in [0, 0.1) is 12.8 Å². The average Bonchev–Trinajstić information content (AvgIpc) is 2.72. The van der Waals surface area contributed by atoms with Crippen LogP contribution < -0.4 is 10.1 Å². The smallest absolute Gasteiger partial charge is 0.246 e. The number of ether oxygens (including phenoxy) is 1. The van der Waals surface area contributed by atoms with Gasteiger partial charge in [-0.2, -0.15) is 4.31 Å². The third-order valence-corrected chi connectivity index (χ3v) is 7.88. The quantitative estimate of drug-likeness (QED) is 0.597. The molecule has 10 heteroatoms. The van der Waals surface area contributed by atoms with Crippen LogP contribution in [0.2, 0.25) is 15.1 Å². The van der Waals surface area contributed by atoms with Gasteiger partial charge in [-0.05, 0) is 49.6 Å². The third kappa shape index (κ3) is 4.86. The molecule has 0 saturated carbocycles. The van der Waals surface area contributed by atoms with Crippen LogP contribution in [0.1, 0.15) is 18.4 Å². The van der Waals surface area contributed by atoms with E-state index in [1.54, 1.807) is 18.2 Å². The maximum atomic E-state index is 13.2. The summed E-state index contributed by atoms with van der Waals surface area (Å²) in [5, 5.41) is 3.52. The second-order valence-electron chi connectivity index (χ2n) is 7.09. The van der Waals surface area contributed by atoms with E-state index in [4.69, 9.17) is 39.5 Å². The van der Waals surface area contributed by atoms with E-state index in [1.807, 2.05) is 6.92 Å². The molecule has 1 saturated heterocycles. The van der Waals surface area contributed by atoms with E-state index in [9.17, 15) is 13.2 Å². The highest BCUT2D eigenvalue weighted by Crippen LogP contribution is 2.34. The molecule has 0 aliphatic carbocycles. The van der Waals surface area contributed by atoms with Crippen molar-refractivity contribution < 1.29 is 17.9 Å². The van der Waals surface area contributed by atoms with E-state index in [2.05, 4.69) is 5.32 Å². The van der Waals surface area contributed by atoms with Gasteiger partial charge in [-0.15, -0.1) is 0 Å². The summed E-state index contributed by atoms with van der Waals surface area (Å²) >= 11 is 18.1. The highest BCUT2D eigenvalue weighted by Gasteiger charge is 2.35. The number of rotatable bonds is 5. The van der Waals surface area contributed by atoms with Crippen LogP contribution in [-0.4, -0.2) is 38.8 Å². The summed E-state index contributed by atoms with van der Waals surface area (Å²) < 4.78 is 33.1. The predicted octanol–water partition coefficient (Wildman–Crippen LogP) is 5.00. The van der Waals surface area contributed by atoms with Gasteiger partial charge in [0.15, 0.2) is 0 Å². The van der Waals surface area contributed by atoms with E-state index >= 15 is 0 Å². The van der Waals surface area contributed by atoms with Crippen LogP contribution in [0.5, 0.6) is 5.75 Å². The Labute approximate surface area is 191 Å². The number of carbonyl (C=O) groups is 1. The number of anilines is 1. The van der Waals surface area contributed by atoms with Gasteiger partial charge in [-0.3, -0.25) is 4.79 Å². The van der Waals surface area contributed by atoms with Gasteiger partial charge in [-0.25, -0.2) is 8.42 Å². The summed E-state index contributed by atoms with van der Waals surface area (Å²) in [5.74, 6) is -0.587. The normalized spacial score (nSPS) is 17.6. The van der Waals surface area contributed by atoms with Gasteiger partial charge in [0, 0.05) is 13.1 Å². The third-order valence-electron chi connectivity index (χ3n) is 4.96. The highest BCUT2D eigenvalue weighted by atomic mass is 35.5.